The van der Waals surface area contributed by atoms with Crippen molar-refractivity contribution in [1.82, 2.24) is 19.8 Å². The van der Waals surface area contributed by atoms with Crippen molar-refractivity contribution in [2.45, 2.75) is 70.5 Å². The molecule has 2 aliphatic rings. The van der Waals surface area contributed by atoms with Crippen LogP contribution in [0.3, 0.4) is 0 Å². The second kappa shape index (κ2) is 9.39. The number of nitrogens with one attached hydrogen (secondary N) is 1. The maximum absolute atomic E-state index is 11.7. The van der Waals surface area contributed by atoms with Gasteiger partial charge in [0.2, 0.25) is 0 Å². The number of hydrogen-bond donors (Lipinski definition) is 1. The summed E-state index contributed by atoms with van der Waals surface area (Å²) < 4.78 is 7.35. The average Bonchev–Trinajstić information content (AvgIpc) is 3.47. The first-order valence-electron chi connectivity index (χ1n) is 11.2. The summed E-state index contributed by atoms with van der Waals surface area (Å²) >= 11 is 5.76. The van der Waals surface area contributed by atoms with Gasteiger partial charge in [-0.2, -0.15) is 0 Å². The molecule has 2 atom stereocenters. The summed E-state index contributed by atoms with van der Waals surface area (Å²) in [7, 11) is 1.43. The topological polar surface area (TPSA) is 59.4 Å². The van der Waals surface area contributed by atoms with Gasteiger partial charge in [0.1, 0.15) is 0 Å². The van der Waals surface area contributed by atoms with Crippen LogP contribution >= 0.6 is 12.2 Å². The fourth-order valence-electron chi connectivity index (χ4n) is 5.31. The van der Waals surface area contributed by atoms with E-state index in [1.165, 1.54) is 49.7 Å². The molecule has 0 spiro atoms. The molecule has 2 aromatic rings. The molecule has 1 saturated heterocycles. The Kier molecular flexibility index (Phi) is 6.60. The zero-order valence-electron chi connectivity index (χ0n) is 18.6. The SMILES string of the molecule is COC(=O)CCCN1C(=S)NC(c2ccccn2)C1c1cc(C)n(C2CCCC2)c1C. The fraction of sp³-hybridized carbons (Fsp3) is 0.542. The van der Waals surface area contributed by atoms with Crippen LogP contribution < -0.4 is 5.32 Å². The standard InChI is InChI=1S/C24H32N4O2S/c1-16-15-19(17(2)28(16)18-9-4-5-10-18)23-22(20-11-6-7-13-25-20)26-24(31)27(23)14-8-12-21(29)30-3/h6-7,11,13,15,18,22-23H,4-5,8-10,12,14H2,1-3H3,(H,26,31). The summed E-state index contributed by atoms with van der Waals surface area (Å²) in [5, 5.41) is 4.23. The third kappa shape index (κ3) is 4.33. The van der Waals surface area contributed by atoms with Gasteiger partial charge in [-0.25, -0.2) is 0 Å². The van der Waals surface area contributed by atoms with Crippen molar-refractivity contribution in [3.8, 4) is 0 Å². The van der Waals surface area contributed by atoms with Crippen LogP contribution in [0.5, 0.6) is 0 Å². The molecule has 0 amide bonds. The minimum atomic E-state index is -0.185. The highest BCUT2D eigenvalue weighted by Crippen LogP contribution is 2.43. The molecule has 2 fully saturated rings. The number of pyridine rings is 1. The Morgan fingerprint density at radius 1 is 1.29 bits per heavy atom. The summed E-state index contributed by atoms with van der Waals surface area (Å²) in [6.07, 6.45) is 8.04. The Morgan fingerprint density at radius 3 is 2.74 bits per heavy atom. The fourth-order valence-corrected chi connectivity index (χ4v) is 5.64. The summed E-state index contributed by atoms with van der Waals surface area (Å²) in [5.74, 6) is -0.185. The molecule has 31 heavy (non-hydrogen) atoms. The van der Waals surface area contributed by atoms with Gasteiger partial charge in [0.25, 0.3) is 0 Å². The number of hydrogen-bond acceptors (Lipinski definition) is 4. The average molecular weight is 441 g/mol. The zero-order chi connectivity index (χ0) is 22.0. The van der Waals surface area contributed by atoms with Gasteiger partial charge in [-0.15, -0.1) is 0 Å². The normalized spacial score (nSPS) is 21.5. The van der Waals surface area contributed by atoms with E-state index in [0.29, 0.717) is 25.4 Å². The number of rotatable bonds is 7. The smallest absolute Gasteiger partial charge is 0.305 e. The lowest BCUT2D eigenvalue weighted by atomic mass is 9.96. The number of carbonyl (C=O) groups excluding carboxylic acids is 1. The molecule has 7 heteroatoms. The monoisotopic (exact) mass is 440 g/mol. The third-order valence-electron chi connectivity index (χ3n) is 6.74. The van der Waals surface area contributed by atoms with Crippen molar-refractivity contribution in [3.63, 3.8) is 0 Å². The van der Waals surface area contributed by atoms with Crippen LogP contribution in [0.15, 0.2) is 30.5 Å². The minimum Gasteiger partial charge on any atom is -0.469 e. The summed E-state index contributed by atoms with van der Waals surface area (Å²) in [4.78, 5) is 18.5. The number of aryl methyl sites for hydroxylation is 1. The lowest BCUT2D eigenvalue weighted by Gasteiger charge is -2.28. The molecule has 0 radical (unpaired) electrons. The van der Waals surface area contributed by atoms with Gasteiger partial charge in [-0.1, -0.05) is 18.9 Å². The molecule has 2 unspecified atom stereocenters. The number of carbonyl (C=O) groups is 1. The molecule has 3 heterocycles. The highest BCUT2D eigenvalue weighted by atomic mass is 32.1. The van der Waals surface area contributed by atoms with E-state index in [1.54, 1.807) is 0 Å². The van der Waals surface area contributed by atoms with Crippen LogP contribution in [0.2, 0.25) is 0 Å². The second-order valence-electron chi connectivity index (χ2n) is 8.63. The highest BCUT2D eigenvalue weighted by Gasteiger charge is 2.41. The van der Waals surface area contributed by atoms with Gasteiger partial charge < -0.3 is 19.5 Å². The first-order valence-corrected chi connectivity index (χ1v) is 11.6. The molecule has 6 nitrogen and oxygen atoms in total. The highest BCUT2D eigenvalue weighted by molar-refractivity contribution is 7.80. The number of aromatic nitrogens is 2. The number of esters is 1. The van der Waals surface area contributed by atoms with Crippen molar-refractivity contribution >= 4 is 23.3 Å². The lowest BCUT2D eigenvalue weighted by molar-refractivity contribution is -0.140. The van der Waals surface area contributed by atoms with Gasteiger partial charge in [-0.3, -0.25) is 9.78 Å². The Bertz CT molecular complexity index is 937. The van der Waals surface area contributed by atoms with Gasteiger partial charge in [-0.05, 0) is 69.1 Å². The lowest BCUT2D eigenvalue weighted by Crippen LogP contribution is -2.31. The summed E-state index contributed by atoms with van der Waals surface area (Å²) in [6.45, 7) is 5.15. The molecule has 0 aromatic carbocycles. The summed E-state index contributed by atoms with van der Waals surface area (Å²) in [5.41, 5.74) is 4.91. The third-order valence-corrected chi connectivity index (χ3v) is 7.09. The zero-order valence-corrected chi connectivity index (χ0v) is 19.5. The summed E-state index contributed by atoms with van der Waals surface area (Å²) in [6, 6.07) is 8.96. The maximum atomic E-state index is 11.7. The molecule has 1 aliphatic heterocycles. The Hall–Kier alpha value is -2.41. The van der Waals surface area contributed by atoms with Gasteiger partial charge in [0, 0.05) is 36.6 Å². The Labute approximate surface area is 190 Å². The molecular formula is C24H32N4O2S. The first-order chi connectivity index (χ1) is 15.0. The first kappa shape index (κ1) is 21.8. The molecule has 1 N–H and O–H groups in total. The van der Waals surface area contributed by atoms with Crippen LogP contribution in [0.25, 0.3) is 0 Å². The van der Waals surface area contributed by atoms with E-state index >= 15 is 0 Å². The van der Waals surface area contributed by atoms with Gasteiger partial charge in [0.15, 0.2) is 5.11 Å². The van der Waals surface area contributed by atoms with Crippen LogP contribution in [-0.4, -0.2) is 39.2 Å². The molecule has 0 bridgehead atoms. The van der Waals surface area contributed by atoms with Crippen molar-refractivity contribution in [3.05, 3.63) is 53.1 Å². The maximum Gasteiger partial charge on any atom is 0.305 e. The van der Waals surface area contributed by atoms with Crippen molar-refractivity contribution < 1.29 is 9.53 Å². The number of methoxy groups -OCH3 is 1. The largest absolute Gasteiger partial charge is 0.469 e. The van der Waals surface area contributed by atoms with E-state index in [4.69, 9.17) is 17.0 Å². The van der Waals surface area contributed by atoms with Crippen molar-refractivity contribution in [2.24, 2.45) is 0 Å². The van der Waals surface area contributed by atoms with E-state index < -0.39 is 0 Å². The minimum absolute atomic E-state index is 0.0237. The van der Waals surface area contributed by atoms with E-state index in [-0.39, 0.29) is 18.1 Å². The van der Waals surface area contributed by atoms with E-state index in [9.17, 15) is 4.79 Å². The molecule has 4 rings (SSSR count). The van der Waals surface area contributed by atoms with Gasteiger partial charge in [0.05, 0.1) is 24.9 Å². The number of nitrogens with zero attached hydrogens (tertiary/aromatic N) is 3. The van der Waals surface area contributed by atoms with Crippen molar-refractivity contribution in [2.75, 3.05) is 13.7 Å². The Morgan fingerprint density at radius 2 is 2.06 bits per heavy atom. The van der Waals surface area contributed by atoms with Crippen LogP contribution in [0.4, 0.5) is 0 Å². The van der Waals surface area contributed by atoms with E-state index in [2.05, 4.69) is 45.7 Å². The molecule has 1 aliphatic carbocycles. The molecule has 166 valence electrons. The second-order valence-corrected chi connectivity index (χ2v) is 9.02. The van der Waals surface area contributed by atoms with Crippen molar-refractivity contribution in [1.29, 1.82) is 0 Å². The van der Waals surface area contributed by atoms with Crippen LogP contribution in [0, 0.1) is 13.8 Å². The van der Waals surface area contributed by atoms with E-state index in [1.807, 2.05) is 18.3 Å². The predicted octanol–water partition coefficient (Wildman–Crippen LogP) is 4.54. The molecule has 1 saturated carbocycles. The molecular weight excluding hydrogens is 408 g/mol. The quantitative estimate of drug-likeness (QED) is 0.504. The number of ether oxygens (including phenoxy) is 1. The predicted molar refractivity (Wildman–Crippen MR) is 125 cm³/mol. The number of thiocarbonyl (C=S) groups is 1. The van der Waals surface area contributed by atoms with Crippen LogP contribution in [0.1, 0.15) is 79.3 Å². The van der Waals surface area contributed by atoms with Crippen LogP contribution in [-0.2, 0) is 9.53 Å². The Balaban J connectivity index is 1.69. The van der Waals surface area contributed by atoms with E-state index in [0.717, 1.165) is 10.8 Å². The molecule has 2 aromatic heterocycles. The van der Waals surface area contributed by atoms with Gasteiger partial charge >= 0.3 is 5.97 Å².